The van der Waals surface area contributed by atoms with E-state index in [0.717, 1.165) is 56.7 Å². The van der Waals surface area contributed by atoms with Crippen molar-refractivity contribution in [1.82, 2.24) is 40.0 Å². The van der Waals surface area contributed by atoms with Crippen molar-refractivity contribution in [2.45, 2.75) is 32.6 Å². The second-order valence-electron chi connectivity index (χ2n) is 8.35. The molecule has 1 spiro atoms. The number of hydrogen-bond acceptors (Lipinski definition) is 9. The van der Waals surface area contributed by atoms with Crippen molar-refractivity contribution in [2.24, 2.45) is 5.41 Å². The van der Waals surface area contributed by atoms with Gasteiger partial charge in [0.1, 0.15) is 12.9 Å². The van der Waals surface area contributed by atoms with E-state index >= 15 is 0 Å². The zero-order valence-electron chi connectivity index (χ0n) is 17.4. The predicted octanol–water partition coefficient (Wildman–Crippen LogP) is 0.140. The number of carbonyl (C=O) groups is 2. The highest BCUT2D eigenvalue weighted by Gasteiger charge is 2.49. The molecule has 0 N–H and O–H groups in total. The van der Waals surface area contributed by atoms with Crippen LogP contribution in [0.3, 0.4) is 0 Å². The average molecular weight is 424 g/mol. The lowest BCUT2D eigenvalue weighted by molar-refractivity contribution is -0.138. The van der Waals surface area contributed by atoms with Gasteiger partial charge in [-0.15, -0.1) is 5.10 Å². The molecule has 2 saturated heterocycles. The number of ether oxygens (including phenoxy) is 1. The molecule has 0 aromatic carbocycles. The smallest absolute Gasteiger partial charge is 0.336 e. The van der Waals surface area contributed by atoms with Crippen LogP contribution in [0.25, 0.3) is 5.82 Å². The second kappa shape index (κ2) is 7.80. The SMILES string of the molecule is CC1=C(N2CCC3(CCN(CCc4cnc(-n5cnnn5)cn4)CC3)C2=O)COC1=O. The van der Waals surface area contributed by atoms with Gasteiger partial charge >= 0.3 is 5.97 Å². The van der Waals surface area contributed by atoms with Crippen LogP contribution >= 0.6 is 0 Å². The first-order valence-electron chi connectivity index (χ1n) is 10.5. The van der Waals surface area contributed by atoms with Gasteiger partial charge in [0.15, 0.2) is 5.82 Å². The van der Waals surface area contributed by atoms with Crippen LogP contribution in [0.4, 0.5) is 0 Å². The molecule has 11 heteroatoms. The summed E-state index contributed by atoms with van der Waals surface area (Å²) in [6.07, 6.45) is 8.21. The monoisotopic (exact) mass is 424 g/mol. The van der Waals surface area contributed by atoms with Crippen molar-refractivity contribution in [2.75, 3.05) is 32.8 Å². The number of likely N-dealkylation sites (tertiary alicyclic amines) is 2. The van der Waals surface area contributed by atoms with Crippen LogP contribution in [-0.2, 0) is 20.7 Å². The van der Waals surface area contributed by atoms with Crippen LogP contribution in [0.2, 0.25) is 0 Å². The first-order chi connectivity index (χ1) is 15.1. The molecule has 2 aromatic heterocycles. The summed E-state index contributed by atoms with van der Waals surface area (Å²) in [5.74, 6) is 0.425. The summed E-state index contributed by atoms with van der Waals surface area (Å²) < 4.78 is 6.56. The molecular weight excluding hydrogens is 400 g/mol. The molecule has 5 heterocycles. The van der Waals surface area contributed by atoms with E-state index in [2.05, 4.69) is 30.4 Å². The van der Waals surface area contributed by atoms with Gasteiger partial charge in [0.2, 0.25) is 5.91 Å². The lowest BCUT2D eigenvalue weighted by atomic mass is 9.77. The number of rotatable bonds is 5. The fourth-order valence-electron chi connectivity index (χ4n) is 4.63. The minimum Gasteiger partial charge on any atom is -0.456 e. The third kappa shape index (κ3) is 3.58. The summed E-state index contributed by atoms with van der Waals surface area (Å²) in [7, 11) is 0. The maximum absolute atomic E-state index is 13.2. The molecule has 0 atom stereocenters. The Balaban J connectivity index is 1.15. The molecule has 0 unspecified atom stereocenters. The molecular formula is C20H24N8O3. The largest absolute Gasteiger partial charge is 0.456 e. The van der Waals surface area contributed by atoms with Crippen LogP contribution in [0.5, 0.6) is 0 Å². The highest BCUT2D eigenvalue weighted by Crippen LogP contribution is 2.43. The fourth-order valence-corrected chi connectivity index (χ4v) is 4.63. The normalized spacial score (nSPS) is 21.4. The minimum absolute atomic E-state index is 0.156. The Morgan fingerprint density at radius 1 is 1.10 bits per heavy atom. The second-order valence-corrected chi connectivity index (χ2v) is 8.35. The minimum atomic E-state index is -0.312. The zero-order valence-corrected chi connectivity index (χ0v) is 17.4. The molecule has 2 fully saturated rings. The Bertz CT molecular complexity index is 1010. The van der Waals surface area contributed by atoms with Gasteiger partial charge < -0.3 is 14.5 Å². The number of piperidine rings is 1. The van der Waals surface area contributed by atoms with Gasteiger partial charge in [-0.1, -0.05) is 0 Å². The lowest BCUT2D eigenvalue weighted by Gasteiger charge is -2.38. The number of tetrazole rings is 1. The Kier molecular flexibility index (Phi) is 4.97. The van der Waals surface area contributed by atoms with E-state index in [1.807, 2.05) is 0 Å². The highest BCUT2D eigenvalue weighted by atomic mass is 16.5. The first-order valence-corrected chi connectivity index (χ1v) is 10.5. The molecule has 3 aliphatic rings. The number of carbonyl (C=O) groups excluding carboxylic acids is 2. The van der Waals surface area contributed by atoms with E-state index in [9.17, 15) is 9.59 Å². The van der Waals surface area contributed by atoms with Crippen molar-refractivity contribution in [3.8, 4) is 5.82 Å². The number of esters is 1. The molecule has 0 bridgehead atoms. The van der Waals surface area contributed by atoms with Crippen molar-refractivity contribution in [3.05, 3.63) is 35.7 Å². The summed E-state index contributed by atoms with van der Waals surface area (Å²) >= 11 is 0. The Labute approximate surface area is 179 Å². The lowest BCUT2D eigenvalue weighted by Crippen LogP contribution is -2.45. The summed E-state index contributed by atoms with van der Waals surface area (Å²) in [5, 5.41) is 11.0. The summed E-state index contributed by atoms with van der Waals surface area (Å²) in [5.41, 5.74) is 1.92. The maximum atomic E-state index is 13.2. The van der Waals surface area contributed by atoms with Gasteiger partial charge in [-0.25, -0.2) is 9.78 Å². The highest BCUT2D eigenvalue weighted by molar-refractivity contribution is 5.94. The Morgan fingerprint density at radius 3 is 2.55 bits per heavy atom. The molecule has 5 rings (SSSR count). The third-order valence-corrected chi connectivity index (χ3v) is 6.69. The Hall–Kier alpha value is -3.21. The van der Waals surface area contributed by atoms with Gasteiger partial charge in [0.25, 0.3) is 0 Å². The van der Waals surface area contributed by atoms with Crippen molar-refractivity contribution < 1.29 is 14.3 Å². The van der Waals surface area contributed by atoms with Crippen LogP contribution < -0.4 is 0 Å². The number of amides is 1. The van der Waals surface area contributed by atoms with Crippen LogP contribution in [-0.4, -0.2) is 84.6 Å². The molecule has 2 aromatic rings. The topological polar surface area (TPSA) is 119 Å². The van der Waals surface area contributed by atoms with Gasteiger partial charge in [0, 0.05) is 19.5 Å². The van der Waals surface area contributed by atoms with Gasteiger partial charge in [0.05, 0.1) is 34.8 Å². The van der Waals surface area contributed by atoms with Crippen molar-refractivity contribution in [1.29, 1.82) is 0 Å². The molecule has 1 amide bonds. The number of nitrogens with zero attached hydrogens (tertiary/aromatic N) is 8. The van der Waals surface area contributed by atoms with Crippen LogP contribution in [0.15, 0.2) is 30.0 Å². The van der Waals surface area contributed by atoms with Crippen molar-refractivity contribution in [3.63, 3.8) is 0 Å². The van der Waals surface area contributed by atoms with Gasteiger partial charge in [-0.3, -0.25) is 9.78 Å². The number of aromatic nitrogens is 6. The van der Waals surface area contributed by atoms with E-state index in [1.54, 1.807) is 24.2 Å². The maximum Gasteiger partial charge on any atom is 0.336 e. The zero-order chi connectivity index (χ0) is 21.4. The molecule has 3 aliphatic heterocycles. The molecule has 11 nitrogen and oxygen atoms in total. The predicted molar refractivity (Wildman–Crippen MR) is 107 cm³/mol. The molecule has 0 saturated carbocycles. The van der Waals surface area contributed by atoms with Gasteiger partial charge in [-0.05, 0) is 49.7 Å². The summed E-state index contributed by atoms with van der Waals surface area (Å²) in [6, 6.07) is 0. The summed E-state index contributed by atoms with van der Waals surface area (Å²) in [4.78, 5) is 37.9. The van der Waals surface area contributed by atoms with E-state index in [0.29, 0.717) is 17.9 Å². The standard InChI is InChI=1S/C20H24N8O3/c1-14-16(12-31-18(14)29)27-9-5-20(19(27)30)3-7-26(8-4-20)6-2-15-10-22-17(11-21-15)28-13-23-24-25-28/h10-11,13H,2-9,12H2,1H3. The third-order valence-electron chi connectivity index (χ3n) is 6.69. The first kappa shape index (κ1) is 19.7. The van der Waals surface area contributed by atoms with E-state index in [1.165, 1.54) is 11.0 Å². The van der Waals surface area contributed by atoms with E-state index in [4.69, 9.17) is 4.74 Å². The summed E-state index contributed by atoms with van der Waals surface area (Å²) in [6.45, 7) is 5.26. The molecule has 0 aliphatic carbocycles. The van der Waals surface area contributed by atoms with Crippen LogP contribution in [0.1, 0.15) is 31.9 Å². The number of cyclic esters (lactones) is 1. The molecule has 31 heavy (non-hydrogen) atoms. The Morgan fingerprint density at radius 2 is 1.90 bits per heavy atom. The quantitative estimate of drug-likeness (QED) is 0.617. The fraction of sp³-hybridized carbons (Fsp3) is 0.550. The van der Waals surface area contributed by atoms with E-state index in [-0.39, 0.29) is 23.9 Å². The van der Waals surface area contributed by atoms with Crippen LogP contribution in [0, 0.1) is 5.41 Å². The van der Waals surface area contributed by atoms with Crippen molar-refractivity contribution >= 4 is 11.9 Å². The van der Waals surface area contributed by atoms with E-state index < -0.39 is 0 Å². The number of hydrogen-bond donors (Lipinski definition) is 0. The molecule has 0 radical (unpaired) electrons. The average Bonchev–Trinajstić information content (AvgIpc) is 3.51. The molecule has 162 valence electrons. The van der Waals surface area contributed by atoms with Gasteiger partial charge in [-0.2, -0.15) is 4.68 Å².